The molecule has 0 saturated carbocycles. The first-order chi connectivity index (χ1) is 8.81. The molecule has 18 heavy (non-hydrogen) atoms. The smallest absolute Gasteiger partial charge is 0.161 e. The number of hydrogen-bond acceptors (Lipinski definition) is 4. The van der Waals surface area contributed by atoms with E-state index in [2.05, 4.69) is 30.6 Å². The van der Waals surface area contributed by atoms with Crippen LogP contribution < -0.4 is 14.8 Å². The maximum atomic E-state index is 5.60. The van der Waals surface area contributed by atoms with Gasteiger partial charge < -0.3 is 14.8 Å². The lowest BCUT2D eigenvalue weighted by molar-refractivity contribution is 0.171. The summed E-state index contributed by atoms with van der Waals surface area (Å²) in [6.45, 7) is 4.53. The molecule has 100 valence electrons. The highest BCUT2D eigenvalue weighted by Gasteiger charge is 2.13. The van der Waals surface area contributed by atoms with Crippen molar-refractivity contribution < 1.29 is 9.47 Å². The molecular weight excluding hydrogens is 246 g/mol. The molecule has 0 amide bonds. The zero-order chi connectivity index (χ0) is 12.8. The minimum atomic E-state index is 0.350. The molecule has 0 aliphatic carbocycles. The summed E-state index contributed by atoms with van der Waals surface area (Å²) < 4.78 is 11.1. The highest BCUT2D eigenvalue weighted by molar-refractivity contribution is 7.98. The zero-order valence-electron chi connectivity index (χ0n) is 11.1. The first kappa shape index (κ1) is 13.6. The van der Waals surface area contributed by atoms with Crippen LogP contribution in [0.3, 0.4) is 0 Å². The van der Waals surface area contributed by atoms with Gasteiger partial charge in [0.2, 0.25) is 0 Å². The maximum absolute atomic E-state index is 5.60. The number of hydrogen-bond donors (Lipinski definition) is 1. The number of rotatable bonds is 6. The van der Waals surface area contributed by atoms with Gasteiger partial charge in [-0.2, -0.15) is 11.8 Å². The van der Waals surface area contributed by atoms with E-state index in [1.165, 1.54) is 17.7 Å². The van der Waals surface area contributed by atoms with Gasteiger partial charge in [-0.15, -0.1) is 0 Å². The first-order valence-corrected chi connectivity index (χ1v) is 7.82. The average molecular weight is 267 g/mol. The molecular formula is C14H21NO2S. The Kier molecular flexibility index (Phi) is 5.20. The molecule has 0 aromatic heterocycles. The van der Waals surface area contributed by atoms with Gasteiger partial charge in [-0.3, -0.25) is 0 Å². The Balaban J connectivity index is 1.91. The fraction of sp³-hybridized carbons (Fsp3) is 0.571. The van der Waals surface area contributed by atoms with Gasteiger partial charge in [-0.25, -0.2) is 0 Å². The monoisotopic (exact) mass is 267 g/mol. The fourth-order valence-corrected chi connectivity index (χ4v) is 2.42. The van der Waals surface area contributed by atoms with Crippen molar-refractivity contribution in [3.05, 3.63) is 23.8 Å². The van der Waals surface area contributed by atoms with E-state index in [1.807, 2.05) is 17.8 Å². The van der Waals surface area contributed by atoms with Crippen LogP contribution in [0.5, 0.6) is 11.5 Å². The molecule has 1 N–H and O–H groups in total. The first-order valence-electron chi connectivity index (χ1n) is 6.43. The van der Waals surface area contributed by atoms with Crippen LogP contribution in [0.2, 0.25) is 0 Å². The second kappa shape index (κ2) is 6.90. The Morgan fingerprint density at radius 2 is 2.06 bits per heavy atom. The number of nitrogens with one attached hydrogen (secondary N) is 1. The number of ether oxygens (including phenoxy) is 2. The fourth-order valence-electron chi connectivity index (χ4n) is 1.98. The van der Waals surface area contributed by atoms with E-state index in [1.54, 1.807) is 0 Å². The van der Waals surface area contributed by atoms with Crippen LogP contribution >= 0.6 is 11.8 Å². The van der Waals surface area contributed by atoms with Gasteiger partial charge in [0, 0.05) is 6.04 Å². The van der Waals surface area contributed by atoms with Crippen LogP contribution in [0.1, 0.15) is 24.9 Å². The van der Waals surface area contributed by atoms with Gasteiger partial charge in [-0.1, -0.05) is 6.07 Å². The van der Waals surface area contributed by atoms with Crippen LogP contribution in [0.25, 0.3) is 0 Å². The summed E-state index contributed by atoms with van der Waals surface area (Å²) in [7, 11) is 0. The molecule has 1 atom stereocenters. The molecule has 1 heterocycles. The van der Waals surface area contributed by atoms with Crippen molar-refractivity contribution in [3.63, 3.8) is 0 Å². The second-order valence-corrected chi connectivity index (χ2v) is 5.41. The van der Waals surface area contributed by atoms with Crippen LogP contribution in [0.4, 0.5) is 0 Å². The van der Waals surface area contributed by atoms with Gasteiger partial charge in [0.15, 0.2) is 11.5 Å². The Morgan fingerprint density at radius 1 is 1.28 bits per heavy atom. The third-order valence-electron chi connectivity index (χ3n) is 3.04. The molecule has 1 aliphatic heterocycles. The number of benzene rings is 1. The van der Waals surface area contributed by atoms with Crippen LogP contribution in [0.15, 0.2) is 18.2 Å². The van der Waals surface area contributed by atoms with E-state index >= 15 is 0 Å². The number of thioether (sulfide) groups is 1. The minimum Gasteiger partial charge on any atom is -0.486 e. The van der Waals surface area contributed by atoms with E-state index in [0.29, 0.717) is 19.3 Å². The van der Waals surface area contributed by atoms with Crippen LogP contribution in [-0.4, -0.2) is 31.8 Å². The Morgan fingerprint density at radius 3 is 2.83 bits per heavy atom. The molecule has 4 heteroatoms. The molecule has 0 bridgehead atoms. The molecule has 1 aromatic rings. The Hall–Kier alpha value is -0.870. The summed E-state index contributed by atoms with van der Waals surface area (Å²) in [6, 6.07) is 6.55. The standard InChI is InChI=1S/C14H21NO2S/c1-11(15-6-3-9-18-2)12-4-5-13-14(10-12)17-8-7-16-13/h4-5,10-11,15H,3,6-9H2,1-2H3. The van der Waals surface area contributed by atoms with E-state index in [0.717, 1.165) is 18.0 Å². The summed E-state index contributed by atoms with van der Waals surface area (Å²) >= 11 is 1.89. The van der Waals surface area contributed by atoms with Crippen LogP contribution in [-0.2, 0) is 0 Å². The lowest BCUT2D eigenvalue weighted by Crippen LogP contribution is -2.21. The normalized spacial score (nSPS) is 15.4. The van der Waals surface area contributed by atoms with Crippen molar-refractivity contribution in [2.45, 2.75) is 19.4 Å². The predicted octanol–water partition coefficient (Wildman–Crippen LogP) is 2.86. The Bertz CT molecular complexity index is 384. The molecule has 0 radical (unpaired) electrons. The molecule has 3 nitrogen and oxygen atoms in total. The van der Waals surface area contributed by atoms with Crippen molar-refractivity contribution >= 4 is 11.8 Å². The van der Waals surface area contributed by atoms with Crippen molar-refractivity contribution in [2.75, 3.05) is 31.8 Å². The summed E-state index contributed by atoms with van der Waals surface area (Å²) in [4.78, 5) is 0. The maximum Gasteiger partial charge on any atom is 0.161 e. The molecule has 2 rings (SSSR count). The predicted molar refractivity (Wildman–Crippen MR) is 76.8 cm³/mol. The van der Waals surface area contributed by atoms with Crippen molar-refractivity contribution in [2.24, 2.45) is 0 Å². The topological polar surface area (TPSA) is 30.5 Å². The molecule has 0 fully saturated rings. The zero-order valence-corrected chi connectivity index (χ0v) is 11.9. The van der Waals surface area contributed by atoms with E-state index < -0.39 is 0 Å². The highest BCUT2D eigenvalue weighted by Crippen LogP contribution is 2.32. The summed E-state index contributed by atoms with van der Waals surface area (Å²) in [6.07, 6.45) is 3.35. The highest BCUT2D eigenvalue weighted by atomic mass is 32.2. The van der Waals surface area contributed by atoms with Crippen LogP contribution in [0, 0.1) is 0 Å². The molecule has 1 unspecified atom stereocenters. The second-order valence-electron chi connectivity index (χ2n) is 4.43. The minimum absolute atomic E-state index is 0.350. The molecule has 0 saturated heterocycles. The van der Waals surface area contributed by atoms with Gasteiger partial charge in [-0.05, 0) is 49.6 Å². The van der Waals surface area contributed by atoms with Gasteiger partial charge in [0.05, 0.1) is 0 Å². The average Bonchev–Trinajstić information content (AvgIpc) is 2.43. The Labute approximate surface area is 113 Å². The summed E-state index contributed by atoms with van der Waals surface area (Å²) in [5.41, 5.74) is 1.25. The number of fused-ring (bicyclic) bond motifs is 1. The van der Waals surface area contributed by atoms with Gasteiger partial charge in [0.25, 0.3) is 0 Å². The van der Waals surface area contributed by atoms with E-state index in [-0.39, 0.29) is 0 Å². The molecule has 1 aromatic carbocycles. The SMILES string of the molecule is CSCCCNC(C)c1ccc2c(c1)OCCO2. The lowest BCUT2D eigenvalue weighted by Gasteiger charge is -2.21. The largest absolute Gasteiger partial charge is 0.486 e. The third kappa shape index (κ3) is 3.56. The van der Waals surface area contributed by atoms with Crippen molar-refractivity contribution in [3.8, 4) is 11.5 Å². The van der Waals surface area contributed by atoms with E-state index in [9.17, 15) is 0 Å². The summed E-state index contributed by atoms with van der Waals surface area (Å²) in [5.74, 6) is 2.94. The molecule has 1 aliphatic rings. The van der Waals surface area contributed by atoms with Gasteiger partial charge in [0.1, 0.15) is 13.2 Å². The third-order valence-corrected chi connectivity index (χ3v) is 3.74. The van der Waals surface area contributed by atoms with E-state index in [4.69, 9.17) is 9.47 Å². The lowest BCUT2D eigenvalue weighted by atomic mass is 10.1. The van der Waals surface area contributed by atoms with Crippen molar-refractivity contribution in [1.29, 1.82) is 0 Å². The summed E-state index contributed by atoms with van der Waals surface area (Å²) in [5, 5.41) is 3.53. The van der Waals surface area contributed by atoms with Crippen molar-refractivity contribution in [1.82, 2.24) is 5.32 Å². The molecule has 0 spiro atoms. The quantitative estimate of drug-likeness (QED) is 0.803. The van der Waals surface area contributed by atoms with Gasteiger partial charge >= 0.3 is 0 Å².